The van der Waals surface area contributed by atoms with Gasteiger partial charge in [-0.05, 0) is 37.6 Å². The molecule has 0 aliphatic heterocycles. The van der Waals surface area contributed by atoms with Crippen LogP contribution in [0.5, 0.6) is 0 Å². The van der Waals surface area contributed by atoms with Gasteiger partial charge in [0.2, 0.25) is 10.0 Å². The van der Waals surface area contributed by atoms with Crippen LogP contribution in [0.2, 0.25) is 0 Å². The van der Waals surface area contributed by atoms with Crippen LogP contribution < -0.4 is 5.32 Å². The number of sulfonamides is 1. The van der Waals surface area contributed by atoms with Gasteiger partial charge in [-0.25, -0.2) is 8.42 Å². The molecule has 2 rings (SSSR count). The molecule has 0 aliphatic carbocycles. The Morgan fingerprint density at radius 1 is 1.24 bits per heavy atom. The van der Waals surface area contributed by atoms with Crippen LogP contribution in [0.15, 0.2) is 35.2 Å². The Morgan fingerprint density at radius 2 is 1.84 bits per heavy atom. The van der Waals surface area contributed by atoms with Crippen molar-refractivity contribution in [1.82, 2.24) is 19.8 Å². The van der Waals surface area contributed by atoms with Crippen LogP contribution in [0.3, 0.4) is 0 Å². The topological polar surface area (TPSA) is 95.2 Å². The summed E-state index contributed by atoms with van der Waals surface area (Å²) in [5.74, 6) is -0.281. The van der Waals surface area contributed by atoms with E-state index in [1.165, 1.54) is 4.31 Å². The molecule has 1 unspecified atom stereocenters. The average Bonchev–Trinajstić information content (AvgIpc) is 3.02. The van der Waals surface area contributed by atoms with E-state index < -0.39 is 10.0 Å². The second-order valence-electron chi connectivity index (χ2n) is 5.79. The highest BCUT2D eigenvalue weighted by Crippen LogP contribution is 2.19. The van der Waals surface area contributed by atoms with Gasteiger partial charge in [0, 0.05) is 18.8 Å². The van der Waals surface area contributed by atoms with Crippen LogP contribution in [0.4, 0.5) is 0 Å². The van der Waals surface area contributed by atoms with Crippen LogP contribution in [0.1, 0.15) is 48.6 Å². The highest BCUT2D eigenvalue weighted by atomic mass is 32.2. The number of amides is 1. The van der Waals surface area contributed by atoms with Gasteiger partial charge in [-0.3, -0.25) is 9.89 Å². The number of hydrogen-bond acceptors (Lipinski definition) is 4. The third kappa shape index (κ3) is 4.26. The molecule has 2 aromatic rings. The van der Waals surface area contributed by atoms with Crippen molar-refractivity contribution in [2.45, 2.75) is 38.6 Å². The first-order valence-corrected chi connectivity index (χ1v) is 9.66. The molecule has 0 bridgehead atoms. The zero-order valence-corrected chi connectivity index (χ0v) is 15.7. The molecular formula is C17H24N4O3S. The minimum Gasteiger partial charge on any atom is -0.344 e. The van der Waals surface area contributed by atoms with E-state index in [-0.39, 0.29) is 16.8 Å². The Balaban J connectivity index is 2.12. The van der Waals surface area contributed by atoms with Crippen molar-refractivity contribution in [3.05, 3.63) is 47.3 Å². The molecular weight excluding hydrogens is 340 g/mol. The molecule has 1 amide bonds. The fourth-order valence-electron chi connectivity index (χ4n) is 2.53. The van der Waals surface area contributed by atoms with Gasteiger partial charge in [0.25, 0.3) is 5.91 Å². The molecule has 136 valence electrons. The summed E-state index contributed by atoms with van der Waals surface area (Å²) in [4.78, 5) is 12.4. The van der Waals surface area contributed by atoms with Gasteiger partial charge >= 0.3 is 0 Å². The number of carbonyl (C=O) groups is 1. The molecule has 0 aliphatic rings. The molecule has 0 fully saturated rings. The molecule has 0 spiro atoms. The predicted molar refractivity (Wildman–Crippen MR) is 95.8 cm³/mol. The van der Waals surface area contributed by atoms with Crippen LogP contribution in [0.25, 0.3) is 0 Å². The summed E-state index contributed by atoms with van der Waals surface area (Å²) in [6, 6.07) is 7.99. The summed E-state index contributed by atoms with van der Waals surface area (Å²) >= 11 is 0. The summed E-state index contributed by atoms with van der Waals surface area (Å²) in [6.07, 6.45) is 0. The highest BCUT2D eigenvalue weighted by molar-refractivity contribution is 7.89. The Kier molecular flexibility index (Phi) is 5.97. The Hall–Kier alpha value is -2.19. The summed E-state index contributed by atoms with van der Waals surface area (Å²) in [6.45, 7) is 8.13. The molecule has 2 N–H and O–H groups in total. The lowest BCUT2D eigenvalue weighted by atomic mass is 10.1. The highest BCUT2D eigenvalue weighted by Gasteiger charge is 2.22. The van der Waals surface area contributed by atoms with E-state index in [2.05, 4.69) is 15.5 Å². The zero-order valence-electron chi connectivity index (χ0n) is 14.9. The van der Waals surface area contributed by atoms with Crippen molar-refractivity contribution in [1.29, 1.82) is 0 Å². The van der Waals surface area contributed by atoms with E-state index in [0.29, 0.717) is 18.8 Å². The molecule has 1 heterocycles. The first kappa shape index (κ1) is 19.1. The van der Waals surface area contributed by atoms with Crippen molar-refractivity contribution in [3.63, 3.8) is 0 Å². The van der Waals surface area contributed by atoms with E-state index >= 15 is 0 Å². The third-order valence-corrected chi connectivity index (χ3v) is 6.07. The van der Waals surface area contributed by atoms with Gasteiger partial charge < -0.3 is 5.32 Å². The summed E-state index contributed by atoms with van der Waals surface area (Å²) in [7, 11) is -3.48. The Morgan fingerprint density at radius 3 is 2.32 bits per heavy atom. The summed E-state index contributed by atoms with van der Waals surface area (Å²) in [5.41, 5.74) is 1.95. The van der Waals surface area contributed by atoms with E-state index in [0.717, 1.165) is 11.3 Å². The number of hydrogen-bond donors (Lipinski definition) is 2. The molecule has 1 atom stereocenters. The van der Waals surface area contributed by atoms with E-state index in [4.69, 9.17) is 0 Å². The minimum absolute atomic E-state index is 0.251. The first-order valence-electron chi connectivity index (χ1n) is 8.22. The quantitative estimate of drug-likeness (QED) is 0.788. The number of nitrogens with one attached hydrogen (secondary N) is 2. The lowest BCUT2D eigenvalue weighted by Crippen LogP contribution is -2.30. The first-order chi connectivity index (χ1) is 11.8. The summed E-state index contributed by atoms with van der Waals surface area (Å²) < 4.78 is 26.4. The maximum atomic E-state index is 12.5. The Labute approximate surface area is 148 Å². The summed E-state index contributed by atoms with van der Waals surface area (Å²) in [5, 5.41) is 9.50. The molecule has 8 heteroatoms. The zero-order chi connectivity index (χ0) is 18.6. The number of aromatic amines is 1. The third-order valence-electron chi connectivity index (χ3n) is 4.01. The lowest BCUT2D eigenvalue weighted by Gasteiger charge is -2.19. The Bertz CT molecular complexity index is 824. The maximum absolute atomic E-state index is 12.5. The predicted octanol–water partition coefficient (Wildman–Crippen LogP) is 2.24. The average molecular weight is 364 g/mol. The number of carbonyl (C=O) groups excluding carboxylic acids is 1. The molecule has 0 radical (unpaired) electrons. The van der Waals surface area contributed by atoms with Gasteiger partial charge in [-0.1, -0.05) is 26.0 Å². The maximum Gasteiger partial charge on any atom is 0.272 e. The number of benzene rings is 1. The van der Waals surface area contributed by atoms with E-state index in [9.17, 15) is 13.2 Å². The van der Waals surface area contributed by atoms with Crippen molar-refractivity contribution >= 4 is 15.9 Å². The molecule has 0 saturated carbocycles. The lowest BCUT2D eigenvalue weighted by molar-refractivity contribution is 0.0934. The smallest absolute Gasteiger partial charge is 0.272 e. The number of rotatable bonds is 7. The second kappa shape index (κ2) is 7.79. The molecule has 7 nitrogen and oxygen atoms in total. The van der Waals surface area contributed by atoms with Crippen molar-refractivity contribution in [2.75, 3.05) is 13.1 Å². The molecule has 0 saturated heterocycles. The number of aryl methyl sites for hydroxylation is 1. The van der Waals surface area contributed by atoms with Crippen molar-refractivity contribution in [2.24, 2.45) is 0 Å². The largest absolute Gasteiger partial charge is 0.344 e. The normalized spacial score (nSPS) is 13.0. The fraction of sp³-hybridized carbons (Fsp3) is 0.412. The van der Waals surface area contributed by atoms with Gasteiger partial charge in [0.05, 0.1) is 10.9 Å². The van der Waals surface area contributed by atoms with Gasteiger partial charge in [0.1, 0.15) is 5.69 Å². The van der Waals surface area contributed by atoms with Gasteiger partial charge in [-0.2, -0.15) is 9.40 Å². The number of aromatic nitrogens is 2. The SMILES string of the molecule is CCN(CC)S(=O)(=O)c1ccc(C(C)NC(=O)c2cc(C)[nH]n2)cc1. The minimum atomic E-state index is -3.48. The molecule has 25 heavy (non-hydrogen) atoms. The standard InChI is InChI=1S/C17H24N4O3S/c1-5-21(6-2)25(23,24)15-9-7-14(8-10-15)13(4)18-17(22)16-11-12(3)19-20-16/h7-11,13H,5-6H2,1-4H3,(H,18,22)(H,19,20). The van der Waals surface area contributed by atoms with Gasteiger partial charge in [0.15, 0.2) is 0 Å². The second-order valence-corrected chi connectivity index (χ2v) is 7.73. The van der Waals surface area contributed by atoms with Crippen molar-refractivity contribution in [3.8, 4) is 0 Å². The monoisotopic (exact) mass is 364 g/mol. The van der Waals surface area contributed by atoms with E-state index in [1.807, 2.05) is 27.7 Å². The van der Waals surface area contributed by atoms with Crippen LogP contribution >= 0.6 is 0 Å². The number of nitrogens with zero attached hydrogens (tertiary/aromatic N) is 2. The van der Waals surface area contributed by atoms with E-state index in [1.54, 1.807) is 30.3 Å². The number of H-pyrrole nitrogens is 1. The fourth-order valence-corrected chi connectivity index (χ4v) is 3.99. The molecule has 1 aromatic heterocycles. The van der Waals surface area contributed by atoms with Crippen LogP contribution in [-0.4, -0.2) is 41.9 Å². The van der Waals surface area contributed by atoms with Crippen LogP contribution in [-0.2, 0) is 10.0 Å². The van der Waals surface area contributed by atoms with Crippen molar-refractivity contribution < 1.29 is 13.2 Å². The van der Waals surface area contributed by atoms with Gasteiger partial charge in [-0.15, -0.1) is 0 Å². The van der Waals surface area contributed by atoms with Crippen LogP contribution in [0, 0.1) is 6.92 Å². The molecule has 1 aromatic carbocycles.